The van der Waals surface area contributed by atoms with E-state index in [1.54, 1.807) is 0 Å². The maximum atomic E-state index is 13.3. The predicted molar refractivity (Wildman–Crippen MR) is 106 cm³/mol. The molecule has 29 heavy (non-hydrogen) atoms. The molecule has 148 valence electrons. The Morgan fingerprint density at radius 2 is 1.66 bits per heavy atom. The number of hydrogen-bond acceptors (Lipinski definition) is 4. The monoisotopic (exact) mass is 393 g/mol. The molecule has 4 rings (SSSR count). The van der Waals surface area contributed by atoms with E-state index in [0.717, 1.165) is 11.1 Å². The van der Waals surface area contributed by atoms with Crippen molar-refractivity contribution in [2.45, 2.75) is 18.8 Å². The Bertz CT molecular complexity index is 960. The molecular formula is C23H20FNO4. The van der Waals surface area contributed by atoms with Gasteiger partial charge in [0, 0.05) is 5.69 Å². The highest BCUT2D eigenvalue weighted by atomic mass is 19.1. The summed E-state index contributed by atoms with van der Waals surface area (Å²) in [4.78, 5) is 13.8. The van der Waals surface area contributed by atoms with Gasteiger partial charge in [0.1, 0.15) is 24.2 Å². The molecule has 0 spiro atoms. The van der Waals surface area contributed by atoms with Crippen LogP contribution in [0.1, 0.15) is 17.2 Å². The van der Waals surface area contributed by atoms with Gasteiger partial charge in [-0.15, -0.1) is 0 Å². The third-order valence-corrected chi connectivity index (χ3v) is 4.83. The summed E-state index contributed by atoms with van der Waals surface area (Å²) >= 11 is 0. The van der Waals surface area contributed by atoms with Crippen molar-refractivity contribution in [2.75, 3.05) is 11.5 Å². The van der Waals surface area contributed by atoms with Crippen molar-refractivity contribution in [1.29, 1.82) is 0 Å². The summed E-state index contributed by atoms with van der Waals surface area (Å²) < 4.78 is 24.4. The maximum absolute atomic E-state index is 13.3. The Balaban J connectivity index is 1.55. The highest BCUT2D eigenvalue weighted by Gasteiger charge is 2.43. The van der Waals surface area contributed by atoms with Crippen LogP contribution >= 0.6 is 0 Å². The fraction of sp³-hybridized carbons (Fsp3) is 0.174. The Morgan fingerprint density at radius 1 is 0.966 bits per heavy atom. The lowest BCUT2D eigenvalue weighted by Gasteiger charge is -2.24. The van der Waals surface area contributed by atoms with E-state index in [9.17, 15) is 14.3 Å². The molecule has 0 aromatic heterocycles. The van der Waals surface area contributed by atoms with Crippen molar-refractivity contribution >= 4 is 11.8 Å². The van der Waals surface area contributed by atoms with E-state index >= 15 is 0 Å². The van der Waals surface area contributed by atoms with Gasteiger partial charge in [-0.25, -0.2) is 9.18 Å². The minimum Gasteiger partial charge on any atom is -0.489 e. The van der Waals surface area contributed by atoms with Crippen LogP contribution in [0.3, 0.4) is 0 Å². The predicted octanol–water partition coefficient (Wildman–Crippen LogP) is 4.46. The number of halogens is 1. The van der Waals surface area contributed by atoms with E-state index in [1.165, 1.54) is 29.2 Å². The molecular weight excluding hydrogens is 373 g/mol. The van der Waals surface area contributed by atoms with Gasteiger partial charge in [0.15, 0.2) is 6.10 Å². The van der Waals surface area contributed by atoms with Crippen molar-refractivity contribution in [3.63, 3.8) is 0 Å². The van der Waals surface area contributed by atoms with Gasteiger partial charge in [0.25, 0.3) is 0 Å². The van der Waals surface area contributed by atoms with Crippen molar-refractivity contribution in [3.8, 4) is 5.75 Å². The summed E-state index contributed by atoms with van der Waals surface area (Å²) in [6.07, 6.45) is -1.30. The lowest BCUT2D eigenvalue weighted by Crippen LogP contribution is -2.30. The molecule has 2 atom stereocenters. The molecule has 0 unspecified atom stereocenters. The largest absolute Gasteiger partial charge is 0.489 e. The minimum atomic E-state index is -0.719. The number of cyclic esters (lactones) is 1. The van der Waals surface area contributed by atoms with Gasteiger partial charge in [-0.3, -0.25) is 4.90 Å². The van der Waals surface area contributed by atoms with Gasteiger partial charge in [-0.2, -0.15) is 0 Å². The molecule has 1 fully saturated rings. The van der Waals surface area contributed by atoms with Crippen LogP contribution in [0.25, 0.3) is 0 Å². The number of carbonyl (C=O) groups is 1. The molecule has 1 heterocycles. The maximum Gasteiger partial charge on any atom is 0.415 e. The molecule has 3 aromatic carbocycles. The first-order valence-electron chi connectivity index (χ1n) is 9.28. The topological polar surface area (TPSA) is 59.0 Å². The van der Waals surface area contributed by atoms with Crippen molar-refractivity contribution in [1.82, 2.24) is 0 Å². The number of hydrogen-bond donors (Lipinski definition) is 1. The summed E-state index contributed by atoms with van der Waals surface area (Å²) in [6, 6.07) is 22.2. The number of aliphatic hydroxyl groups is 1. The standard InChI is InChI=1S/C23H20FNO4/c24-18-8-10-19(11-9-18)25-22(21(14-26)29-23(25)27)17-6-12-20(13-7-17)28-15-16-4-2-1-3-5-16/h1-13,21-22,26H,14-15H2/t21-,22-/m1/s1. The Morgan fingerprint density at radius 3 is 2.31 bits per heavy atom. The zero-order valence-electron chi connectivity index (χ0n) is 15.6. The lowest BCUT2D eigenvalue weighted by molar-refractivity contribution is 0.0829. The van der Waals surface area contributed by atoms with Gasteiger partial charge in [-0.1, -0.05) is 42.5 Å². The van der Waals surface area contributed by atoms with Crippen molar-refractivity contribution < 1.29 is 23.8 Å². The summed E-state index contributed by atoms with van der Waals surface area (Å²) in [7, 11) is 0. The second-order valence-corrected chi connectivity index (χ2v) is 6.74. The Kier molecular flexibility index (Phi) is 5.44. The number of amides is 1. The van der Waals surface area contributed by atoms with Crippen LogP contribution in [-0.2, 0) is 11.3 Å². The summed E-state index contributed by atoms with van der Waals surface area (Å²) in [6.45, 7) is 0.131. The fourth-order valence-electron chi connectivity index (χ4n) is 3.40. The van der Waals surface area contributed by atoms with Crippen molar-refractivity contribution in [2.24, 2.45) is 0 Å². The molecule has 3 aromatic rings. The van der Waals surface area contributed by atoms with Crippen LogP contribution < -0.4 is 9.64 Å². The highest BCUT2D eigenvalue weighted by Crippen LogP contribution is 2.37. The number of aliphatic hydroxyl groups excluding tert-OH is 1. The van der Waals surface area contributed by atoms with Gasteiger partial charge in [0.2, 0.25) is 0 Å². The SMILES string of the molecule is O=C1O[C@H](CO)[C@@H](c2ccc(OCc3ccccc3)cc2)N1c1ccc(F)cc1. The first-order chi connectivity index (χ1) is 14.2. The van der Waals surface area contributed by atoms with E-state index in [1.807, 2.05) is 54.6 Å². The quantitative estimate of drug-likeness (QED) is 0.672. The molecule has 1 aliphatic heterocycles. The van der Waals surface area contributed by atoms with Crippen molar-refractivity contribution in [3.05, 3.63) is 95.8 Å². The zero-order chi connectivity index (χ0) is 20.2. The van der Waals surface area contributed by atoms with E-state index < -0.39 is 24.1 Å². The molecule has 5 nitrogen and oxygen atoms in total. The zero-order valence-corrected chi connectivity index (χ0v) is 15.6. The first-order valence-corrected chi connectivity index (χ1v) is 9.28. The molecule has 1 aliphatic rings. The Labute approximate surface area is 167 Å². The average Bonchev–Trinajstić information content (AvgIpc) is 3.10. The van der Waals surface area contributed by atoms with Crippen LogP contribution in [-0.4, -0.2) is 23.9 Å². The first kappa shape index (κ1) is 19.0. The number of ether oxygens (including phenoxy) is 2. The lowest BCUT2D eigenvalue weighted by atomic mass is 10.0. The second-order valence-electron chi connectivity index (χ2n) is 6.74. The molecule has 0 radical (unpaired) electrons. The smallest absolute Gasteiger partial charge is 0.415 e. The molecule has 6 heteroatoms. The number of rotatable bonds is 6. The number of benzene rings is 3. The van der Waals surface area contributed by atoms with Gasteiger partial charge in [0.05, 0.1) is 6.61 Å². The average molecular weight is 393 g/mol. The highest BCUT2D eigenvalue weighted by molar-refractivity contribution is 5.91. The van der Waals surface area contributed by atoms with Crippen LogP contribution in [0, 0.1) is 5.82 Å². The number of nitrogens with zero attached hydrogens (tertiary/aromatic N) is 1. The molecule has 1 saturated heterocycles. The van der Waals surface area contributed by atoms with Crippen LogP contribution in [0.5, 0.6) is 5.75 Å². The minimum absolute atomic E-state index is 0.319. The van der Waals surface area contributed by atoms with Gasteiger partial charge in [-0.05, 0) is 47.5 Å². The molecule has 1 amide bonds. The second kappa shape index (κ2) is 8.32. The van der Waals surface area contributed by atoms with Crippen LogP contribution in [0.15, 0.2) is 78.9 Å². The molecule has 0 aliphatic carbocycles. The fourth-order valence-corrected chi connectivity index (χ4v) is 3.40. The van der Waals surface area contributed by atoms with Gasteiger partial charge < -0.3 is 14.6 Å². The summed E-state index contributed by atoms with van der Waals surface area (Å²) in [5.41, 5.74) is 2.35. The third-order valence-electron chi connectivity index (χ3n) is 4.83. The summed E-state index contributed by atoms with van der Waals surface area (Å²) in [5.74, 6) is 0.299. The molecule has 0 bridgehead atoms. The number of carbonyl (C=O) groups excluding carboxylic acids is 1. The van der Waals surface area contributed by atoms with E-state index in [-0.39, 0.29) is 6.61 Å². The van der Waals surface area contributed by atoms with E-state index in [4.69, 9.17) is 9.47 Å². The van der Waals surface area contributed by atoms with Crippen LogP contribution in [0.2, 0.25) is 0 Å². The molecule has 0 saturated carbocycles. The normalized spacial score (nSPS) is 18.6. The van der Waals surface area contributed by atoms with Crippen LogP contribution in [0.4, 0.5) is 14.9 Å². The number of anilines is 1. The Hall–Kier alpha value is -3.38. The molecule has 1 N–H and O–H groups in total. The van der Waals surface area contributed by atoms with E-state index in [0.29, 0.717) is 18.0 Å². The van der Waals surface area contributed by atoms with E-state index in [2.05, 4.69) is 0 Å². The summed E-state index contributed by atoms with van der Waals surface area (Å²) in [5, 5.41) is 9.70. The third kappa shape index (κ3) is 4.07. The van der Waals surface area contributed by atoms with Gasteiger partial charge >= 0.3 is 6.09 Å².